The Morgan fingerprint density at radius 1 is 1.25 bits per heavy atom. The average Bonchev–Trinajstić information content (AvgIpc) is 2.84. The van der Waals surface area contributed by atoms with Gasteiger partial charge in [-0.05, 0) is 28.9 Å². The molecule has 0 saturated heterocycles. The molecule has 7 heteroatoms. The maximum absolute atomic E-state index is 6.27. The summed E-state index contributed by atoms with van der Waals surface area (Å²) in [5.41, 5.74) is 1.45. The number of halogens is 2. The zero-order chi connectivity index (χ0) is 14.3. The molecule has 0 aliphatic rings. The van der Waals surface area contributed by atoms with Gasteiger partial charge in [0.1, 0.15) is 16.6 Å². The topological polar surface area (TPSA) is 47.9 Å². The predicted octanol–water partition coefficient (Wildman–Crippen LogP) is 4.49. The van der Waals surface area contributed by atoms with E-state index in [1.165, 1.54) is 0 Å². The third kappa shape index (κ3) is 2.39. The predicted molar refractivity (Wildman–Crippen MR) is 84.6 cm³/mol. The maximum atomic E-state index is 6.27. The first-order valence-corrected chi connectivity index (χ1v) is 7.77. The molecule has 0 N–H and O–H groups in total. The van der Waals surface area contributed by atoms with Crippen molar-refractivity contribution >= 4 is 49.8 Å². The molecule has 0 amide bonds. The highest BCUT2D eigenvalue weighted by atomic mass is 79.9. The third-order valence-corrected chi connectivity index (χ3v) is 4.44. The van der Waals surface area contributed by atoms with Crippen LogP contribution in [0.15, 0.2) is 22.0 Å². The zero-order valence-corrected chi connectivity index (χ0v) is 13.8. The number of nitrogens with zero attached hydrogens (tertiary/aromatic N) is 3. The van der Waals surface area contributed by atoms with Crippen molar-refractivity contribution in [2.75, 3.05) is 7.11 Å². The Labute approximate surface area is 132 Å². The van der Waals surface area contributed by atoms with Crippen LogP contribution in [0.25, 0.3) is 22.4 Å². The lowest BCUT2D eigenvalue weighted by Gasteiger charge is -2.07. The second-order valence-electron chi connectivity index (χ2n) is 4.09. The Morgan fingerprint density at radius 2 is 2.05 bits per heavy atom. The van der Waals surface area contributed by atoms with Crippen LogP contribution < -0.4 is 4.74 Å². The first-order chi connectivity index (χ1) is 9.58. The number of hydrogen-bond acceptors (Lipinski definition) is 5. The smallest absolute Gasteiger partial charge is 0.181 e. The molecule has 2 heterocycles. The van der Waals surface area contributed by atoms with Gasteiger partial charge in [-0.25, -0.2) is 15.0 Å². The van der Waals surface area contributed by atoms with Gasteiger partial charge < -0.3 is 4.74 Å². The Bertz CT molecular complexity index is 806. The minimum atomic E-state index is 0.394. The fourth-order valence-electron chi connectivity index (χ4n) is 1.85. The summed E-state index contributed by atoms with van der Waals surface area (Å²) in [5.74, 6) is 1.23. The molecular formula is C13H9BrClN3OS. The highest BCUT2D eigenvalue weighted by Crippen LogP contribution is 2.34. The van der Waals surface area contributed by atoms with E-state index in [1.54, 1.807) is 18.4 Å². The summed E-state index contributed by atoms with van der Waals surface area (Å²) >= 11 is 11.3. The Kier molecular flexibility index (Phi) is 3.62. The SMILES string of the molecule is COc1cc(Br)c2c(Cl)nc(-c3csc(C)n3)nc2c1. The van der Waals surface area contributed by atoms with Crippen LogP contribution in [-0.2, 0) is 0 Å². The minimum Gasteiger partial charge on any atom is -0.497 e. The first kappa shape index (κ1) is 13.7. The molecule has 20 heavy (non-hydrogen) atoms. The molecule has 3 aromatic rings. The first-order valence-electron chi connectivity index (χ1n) is 5.72. The van der Waals surface area contributed by atoms with Crippen molar-refractivity contribution in [3.8, 4) is 17.3 Å². The van der Waals surface area contributed by atoms with E-state index in [0.717, 1.165) is 26.1 Å². The van der Waals surface area contributed by atoms with Crippen LogP contribution in [0.1, 0.15) is 5.01 Å². The maximum Gasteiger partial charge on any atom is 0.181 e. The monoisotopic (exact) mass is 369 g/mol. The Balaban J connectivity index is 2.27. The van der Waals surface area contributed by atoms with E-state index in [4.69, 9.17) is 16.3 Å². The van der Waals surface area contributed by atoms with Crippen LogP contribution in [-0.4, -0.2) is 22.1 Å². The standard InChI is InChI=1S/C13H9BrClN3OS/c1-6-16-10(5-20-6)13-17-9-4-7(19-2)3-8(14)11(9)12(15)18-13/h3-5H,1-2H3. The van der Waals surface area contributed by atoms with Crippen molar-refractivity contribution < 1.29 is 4.74 Å². The van der Waals surface area contributed by atoms with Crippen LogP contribution in [0.3, 0.4) is 0 Å². The van der Waals surface area contributed by atoms with E-state index >= 15 is 0 Å². The number of methoxy groups -OCH3 is 1. The van der Waals surface area contributed by atoms with Gasteiger partial charge in [0.05, 0.1) is 23.0 Å². The van der Waals surface area contributed by atoms with Gasteiger partial charge in [0.25, 0.3) is 0 Å². The van der Waals surface area contributed by atoms with Crippen molar-refractivity contribution in [1.82, 2.24) is 15.0 Å². The highest BCUT2D eigenvalue weighted by molar-refractivity contribution is 9.10. The normalized spacial score (nSPS) is 11.0. The molecular weight excluding hydrogens is 362 g/mol. The molecule has 0 radical (unpaired) electrons. The van der Waals surface area contributed by atoms with Crippen molar-refractivity contribution in [3.05, 3.63) is 32.1 Å². The molecule has 4 nitrogen and oxygen atoms in total. The number of benzene rings is 1. The van der Waals surface area contributed by atoms with Crippen LogP contribution >= 0.6 is 38.9 Å². The average molecular weight is 371 g/mol. The summed E-state index contributed by atoms with van der Waals surface area (Å²) < 4.78 is 6.05. The van der Waals surface area contributed by atoms with Gasteiger partial charge in [-0.15, -0.1) is 11.3 Å². The number of ether oxygens (including phenoxy) is 1. The Morgan fingerprint density at radius 3 is 2.70 bits per heavy atom. The van der Waals surface area contributed by atoms with Gasteiger partial charge in [-0.2, -0.15) is 0 Å². The summed E-state index contributed by atoms with van der Waals surface area (Å²) in [6.07, 6.45) is 0. The lowest BCUT2D eigenvalue weighted by molar-refractivity contribution is 0.415. The van der Waals surface area contributed by atoms with Gasteiger partial charge in [-0.3, -0.25) is 0 Å². The number of fused-ring (bicyclic) bond motifs is 1. The molecule has 0 aliphatic heterocycles. The number of aromatic nitrogens is 3. The summed E-state index contributed by atoms with van der Waals surface area (Å²) in [4.78, 5) is 13.2. The summed E-state index contributed by atoms with van der Waals surface area (Å²) in [6, 6.07) is 3.67. The molecule has 1 aromatic carbocycles. The van der Waals surface area contributed by atoms with Crippen LogP contribution in [0, 0.1) is 6.92 Å². The zero-order valence-electron chi connectivity index (χ0n) is 10.6. The third-order valence-electron chi connectivity index (χ3n) is 2.76. The van der Waals surface area contributed by atoms with Gasteiger partial charge in [0.15, 0.2) is 5.82 Å². The summed E-state index contributed by atoms with van der Waals surface area (Å²) in [6.45, 7) is 1.94. The molecule has 0 fully saturated rings. The van der Waals surface area contributed by atoms with Crippen LogP contribution in [0.2, 0.25) is 5.15 Å². The number of hydrogen-bond donors (Lipinski definition) is 0. The van der Waals surface area contributed by atoms with E-state index in [0.29, 0.717) is 16.7 Å². The molecule has 3 rings (SSSR count). The lowest BCUT2D eigenvalue weighted by Crippen LogP contribution is -1.94. The van der Waals surface area contributed by atoms with E-state index in [2.05, 4.69) is 30.9 Å². The van der Waals surface area contributed by atoms with E-state index in [9.17, 15) is 0 Å². The fraction of sp³-hybridized carbons (Fsp3) is 0.154. The number of rotatable bonds is 2. The van der Waals surface area contributed by atoms with Crippen LogP contribution in [0.4, 0.5) is 0 Å². The fourth-order valence-corrected chi connectivity index (χ4v) is 3.45. The van der Waals surface area contributed by atoms with Crippen molar-refractivity contribution in [2.45, 2.75) is 6.92 Å². The number of thiazole rings is 1. The van der Waals surface area contributed by atoms with Gasteiger partial charge in [0.2, 0.25) is 0 Å². The minimum absolute atomic E-state index is 0.394. The van der Waals surface area contributed by atoms with E-state index in [1.807, 2.05) is 24.4 Å². The Hall–Kier alpha value is -1.24. The van der Waals surface area contributed by atoms with Crippen LogP contribution in [0.5, 0.6) is 5.75 Å². The lowest BCUT2D eigenvalue weighted by atomic mass is 10.2. The molecule has 0 aliphatic carbocycles. The van der Waals surface area contributed by atoms with Gasteiger partial charge in [0, 0.05) is 15.9 Å². The van der Waals surface area contributed by atoms with Crippen molar-refractivity contribution in [1.29, 1.82) is 0 Å². The van der Waals surface area contributed by atoms with E-state index in [-0.39, 0.29) is 0 Å². The van der Waals surface area contributed by atoms with E-state index < -0.39 is 0 Å². The van der Waals surface area contributed by atoms with Gasteiger partial charge in [-0.1, -0.05) is 11.6 Å². The molecule has 0 atom stereocenters. The van der Waals surface area contributed by atoms with Crippen molar-refractivity contribution in [3.63, 3.8) is 0 Å². The van der Waals surface area contributed by atoms with Gasteiger partial charge >= 0.3 is 0 Å². The quantitative estimate of drug-likeness (QED) is 0.624. The number of aryl methyl sites for hydroxylation is 1. The van der Waals surface area contributed by atoms with Crippen molar-refractivity contribution in [2.24, 2.45) is 0 Å². The molecule has 102 valence electrons. The molecule has 0 unspecified atom stereocenters. The highest BCUT2D eigenvalue weighted by Gasteiger charge is 2.13. The largest absolute Gasteiger partial charge is 0.497 e. The summed E-state index contributed by atoms with van der Waals surface area (Å²) in [5, 5.41) is 4.04. The second kappa shape index (κ2) is 5.27. The molecule has 0 saturated carbocycles. The second-order valence-corrected chi connectivity index (χ2v) is 6.37. The molecule has 0 spiro atoms. The molecule has 0 bridgehead atoms. The summed E-state index contributed by atoms with van der Waals surface area (Å²) in [7, 11) is 1.61. The molecule has 2 aromatic heterocycles.